The minimum Gasteiger partial charge on any atom is -0.468 e. The van der Waals surface area contributed by atoms with Crippen molar-refractivity contribution in [2.45, 2.75) is 24.8 Å². The first kappa shape index (κ1) is 18.0. The highest BCUT2D eigenvalue weighted by Gasteiger charge is 2.24. The van der Waals surface area contributed by atoms with Gasteiger partial charge >= 0.3 is 0 Å². The zero-order chi connectivity index (χ0) is 16.9. The van der Waals surface area contributed by atoms with Gasteiger partial charge in [-0.3, -0.25) is 4.90 Å². The van der Waals surface area contributed by atoms with Gasteiger partial charge in [-0.2, -0.15) is 0 Å². The summed E-state index contributed by atoms with van der Waals surface area (Å²) in [6, 6.07) is 9.88. The fraction of sp³-hybridized carbons (Fsp3) is 0.375. The molecule has 126 valence electrons. The van der Waals surface area contributed by atoms with Gasteiger partial charge < -0.3 is 4.42 Å². The summed E-state index contributed by atoms with van der Waals surface area (Å²) in [6.07, 6.45) is 1.59. The number of likely N-dealkylation sites (N-methyl/N-ethyl adjacent to an activating group) is 1. The molecule has 2 rings (SSSR count). The molecule has 0 fully saturated rings. The van der Waals surface area contributed by atoms with E-state index >= 15 is 0 Å². The van der Waals surface area contributed by atoms with Crippen LogP contribution < -0.4 is 4.72 Å². The van der Waals surface area contributed by atoms with Gasteiger partial charge in [0, 0.05) is 6.54 Å². The van der Waals surface area contributed by atoms with Crippen LogP contribution in [0.1, 0.15) is 25.6 Å². The predicted octanol–water partition coefficient (Wildman–Crippen LogP) is 3.29. The number of furan rings is 1. The van der Waals surface area contributed by atoms with Gasteiger partial charge in [0.2, 0.25) is 10.0 Å². The molecule has 1 heterocycles. The van der Waals surface area contributed by atoms with Crippen molar-refractivity contribution in [3.8, 4) is 0 Å². The van der Waals surface area contributed by atoms with Gasteiger partial charge in [0.15, 0.2) is 0 Å². The minimum atomic E-state index is -3.68. The van der Waals surface area contributed by atoms with Crippen LogP contribution >= 0.6 is 11.6 Å². The van der Waals surface area contributed by atoms with E-state index in [2.05, 4.69) is 9.62 Å². The topological polar surface area (TPSA) is 62.6 Å². The summed E-state index contributed by atoms with van der Waals surface area (Å²) in [4.78, 5) is 2.22. The molecule has 1 aromatic heterocycles. The van der Waals surface area contributed by atoms with Crippen LogP contribution in [0.4, 0.5) is 0 Å². The van der Waals surface area contributed by atoms with E-state index in [-0.39, 0.29) is 22.5 Å². The number of hydrogen-bond donors (Lipinski definition) is 1. The molecule has 1 atom stereocenters. The monoisotopic (exact) mass is 356 g/mol. The molecule has 0 spiro atoms. The van der Waals surface area contributed by atoms with Crippen LogP contribution in [-0.2, 0) is 10.0 Å². The van der Waals surface area contributed by atoms with Crippen molar-refractivity contribution in [3.05, 3.63) is 53.4 Å². The van der Waals surface area contributed by atoms with Gasteiger partial charge in [0.05, 0.1) is 17.3 Å². The van der Waals surface area contributed by atoms with Crippen LogP contribution in [-0.4, -0.2) is 33.0 Å². The molecular formula is C16H21ClN2O3S. The maximum Gasteiger partial charge on any atom is 0.242 e. The molecule has 0 amide bonds. The number of halogens is 1. The lowest BCUT2D eigenvalue weighted by molar-refractivity contribution is 0.194. The van der Waals surface area contributed by atoms with E-state index in [0.29, 0.717) is 0 Å². The number of nitrogens with zero attached hydrogens (tertiary/aromatic N) is 1. The molecule has 0 aliphatic carbocycles. The maximum absolute atomic E-state index is 12.5. The average Bonchev–Trinajstić information content (AvgIpc) is 3.05. The van der Waals surface area contributed by atoms with Crippen molar-refractivity contribution in [3.63, 3.8) is 0 Å². The van der Waals surface area contributed by atoms with Crippen LogP contribution in [0.5, 0.6) is 0 Å². The number of rotatable bonds is 8. The Balaban J connectivity index is 2.20. The van der Waals surface area contributed by atoms with Gasteiger partial charge in [-0.1, -0.05) is 37.6 Å². The van der Waals surface area contributed by atoms with Crippen molar-refractivity contribution < 1.29 is 12.8 Å². The lowest BCUT2D eigenvalue weighted by Crippen LogP contribution is -2.38. The Labute approximate surface area is 142 Å². The third-order valence-electron chi connectivity index (χ3n) is 3.72. The van der Waals surface area contributed by atoms with Gasteiger partial charge in [0.25, 0.3) is 0 Å². The van der Waals surface area contributed by atoms with Crippen molar-refractivity contribution in [1.29, 1.82) is 0 Å². The molecule has 0 saturated carbocycles. The second-order valence-corrected chi connectivity index (χ2v) is 7.18. The molecule has 0 bridgehead atoms. The summed E-state index contributed by atoms with van der Waals surface area (Å²) in [7, 11) is -3.68. The van der Waals surface area contributed by atoms with E-state index < -0.39 is 10.0 Å². The first-order valence-corrected chi connectivity index (χ1v) is 9.37. The molecular weight excluding hydrogens is 336 g/mol. The second-order valence-electron chi connectivity index (χ2n) is 5.03. The number of hydrogen-bond acceptors (Lipinski definition) is 4. The Morgan fingerprint density at radius 2 is 1.87 bits per heavy atom. The normalized spacial score (nSPS) is 13.4. The van der Waals surface area contributed by atoms with Crippen molar-refractivity contribution in [1.82, 2.24) is 9.62 Å². The van der Waals surface area contributed by atoms with E-state index in [1.165, 1.54) is 6.07 Å². The van der Waals surface area contributed by atoms with Crippen LogP contribution in [0.2, 0.25) is 5.02 Å². The fourth-order valence-corrected chi connectivity index (χ4v) is 4.04. The van der Waals surface area contributed by atoms with Crippen LogP contribution in [0.25, 0.3) is 0 Å². The quantitative estimate of drug-likeness (QED) is 0.788. The van der Waals surface area contributed by atoms with E-state index in [9.17, 15) is 8.42 Å². The Morgan fingerprint density at radius 1 is 1.17 bits per heavy atom. The average molecular weight is 357 g/mol. The smallest absolute Gasteiger partial charge is 0.242 e. The minimum absolute atomic E-state index is 0.0828. The van der Waals surface area contributed by atoms with Crippen molar-refractivity contribution in [2.75, 3.05) is 19.6 Å². The number of benzene rings is 1. The van der Waals surface area contributed by atoms with Crippen LogP contribution in [0.15, 0.2) is 52.0 Å². The highest BCUT2D eigenvalue weighted by atomic mass is 35.5. The molecule has 23 heavy (non-hydrogen) atoms. The lowest BCUT2D eigenvalue weighted by Gasteiger charge is -2.28. The summed E-state index contributed by atoms with van der Waals surface area (Å²) < 4.78 is 33.1. The highest BCUT2D eigenvalue weighted by molar-refractivity contribution is 7.89. The molecule has 0 aliphatic heterocycles. The largest absolute Gasteiger partial charge is 0.468 e. The van der Waals surface area contributed by atoms with E-state index in [4.69, 9.17) is 16.0 Å². The number of nitrogens with one attached hydrogen (secondary N) is 1. The summed E-state index contributed by atoms with van der Waals surface area (Å²) in [5.74, 6) is 0.732. The third kappa shape index (κ3) is 4.35. The Morgan fingerprint density at radius 3 is 2.43 bits per heavy atom. The van der Waals surface area contributed by atoms with Gasteiger partial charge in [-0.05, 0) is 37.4 Å². The molecule has 0 aliphatic rings. The Bertz CT molecular complexity index is 713. The lowest BCUT2D eigenvalue weighted by atomic mass is 10.2. The Hall–Kier alpha value is -1.34. The second kappa shape index (κ2) is 7.97. The molecule has 1 unspecified atom stereocenters. The van der Waals surface area contributed by atoms with Gasteiger partial charge in [-0.25, -0.2) is 13.1 Å². The van der Waals surface area contributed by atoms with Gasteiger partial charge in [-0.15, -0.1) is 0 Å². The van der Waals surface area contributed by atoms with E-state index in [1.807, 2.05) is 19.9 Å². The Kier molecular flexibility index (Phi) is 6.24. The van der Waals surface area contributed by atoms with Crippen molar-refractivity contribution >= 4 is 21.6 Å². The molecule has 2 aromatic rings. The molecule has 1 aromatic carbocycles. The molecule has 0 radical (unpaired) electrons. The number of sulfonamides is 1. The molecule has 7 heteroatoms. The first-order valence-electron chi connectivity index (χ1n) is 7.51. The first-order chi connectivity index (χ1) is 11.0. The SMILES string of the molecule is CCN(CC)C(CNS(=O)(=O)c1ccccc1Cl)c1ccco1. The zero-order valence-corrected chi connectivity index (χ0v) is 14.8. The van der Waals surface area contributed by atoms with Gasteiger partial charge in [0.1, 0.15) is 10.7 Å². The van der Waals surface area contributed by atoms with Crippen LogP contribution in [0.3, 0.4) is 0 Å². The summed E-state index contributed by atoms with van der Waals surface area (Å²) in [5.41, 5.74) is 0. The van der Waals surface area contributed by atoms with E-state index in [1.54, 1.807) is 30.5 Å². The summed E-state index contributed by atoms with van der Waals surface area (Å²) in [5, 5.41) is 0.206. The summed E-state index contributed by atoms with van der Waals surface area (Å²) in [6.45, 7) is 5.85. The molecule has 5 nitrogen and oxygen atoms in total. The fourth-order valence-electron chi connectivity index (χ4n) is 2.48. The van der Waals surface area contributed by atoms with E-state index in [0.717, 1.165) is 18.8 Å². The molecule has 0 saturated heterocycles. The predicted molar refractivity (Wildman–Crippen MR) is 91.0 cm³/mol. The zero-order valence-electron chi connectivity index (χ0n) is 13.2. The van der Waals surface area contributed by atoms with Crippen LogP contribution in [0, 0.1) is 0 Å². The molecule has 1 N–H and O–H groups in total. The third-order valence-corrected chi connectivity index (χ3v) is 5.64. The highest BCUT2D eigenvalue weighted by Crippen LogP contribution is 2.23. The summed E-state index contributed by atoms with van der Waals surface area (Å²) >= 11 is 5.99. The standard InChI is InChI=1S/C16H21ClN2O3S/c1-3-19(4-2)14(15-9-7-11-22-15)12-18-23(20,21)16-10-6-5-8-13(16)17/h5-11,14,18H,3-4,12H2,1-2H3. The van der Waals surface area contributed by atoms with Crippen molar-refractivity contribution in [2.24, 2.45) is 0 Å². The maximum atomic E-state index is 12.5.